The summed E-state index contributed by atoms with van der Waals surface area (Å²) < 4.78 is 37.8. The van der Waals surface area contributed by atoms with Crippen molar-refractivity contribution >= 4 is 27.3 Å². The number of rotatable bonds is 6. The van der Waals surface area contributed by atoms with Crippen LogP contribution in [0.3, 0.4) is 0 Å². The normalized spacial score (nSPS) is 11.6. The second-order valence-electron chi connectivity index (χ2n) is 6.09. The van der Waals surface area contributed by atoms with E-state index in [1.165, 1.54) is 25.3 Å². The molecule has 0 aliphatic heterocycles. The second kappa shape index (κ2) is 7.58. The van der Waals surface area contributed by atoms with Crippen LogP contribution in [0.2, 0.25) is 5.02 Å². The molecule has 9 heteroatoms. The highest BCUT2D eigenvalue weighted by Gasteiger charge is 2.17. The molecule has 3 aromatic rings. The number of aromatic nitrogens is 2. The molecule has 2 aromatic carbocycles. The average molecular weight is 408 g/mol. The Morgan fingerprint density at radius 3 is 2.41 bits per heavy atom. The van der Waals surface area contributed by atoms with Crippen molar-refractivity contribution in [1.29, 1.82) is 0 Å². The van der Waals surface area contributed by atoms with Crippen LogP contribution >= 0.6 is 11.6 Å². The zero-order valence-corrected chi connectivity index (χ0v) is 16.5. The Morgan fingerprint density at radius 2 is 1.85 bits per heavy atom. The predicted molar refractivity (Wildman–Crippen MR) is 103 cm³/mol. The van der Waals surface area contributed by atoms with Gasteiger partial charge in [-0.05, 0) is 42.5 Å². The summed E-state index contributed by atoms with van der Waals surface area (Å²) in [7, 11) is -2.33. The first-order valence-electron chi connectivity index (χ1n) is 8.10. The van der Waals surface area contributed by atoms with Crippen molar-refractivity contribution in [3.63, 3.8) is 0 Å². The highest BCUT2D eigenvalue weighted by Crippen LogP contribution is 2.28. The maximum absolute atomic E-state index is 12.5. The van der Waals surface area contributed by atoms with Gasteiger partial charge in [-0.25, -0.2) is 8.42 Å². The summed E-state index contributed by atoms with van der Waals surface area (Å²) in [5.41, 5.74) is 1.10. The average Bonchev–Trinajstić information content (AvgIpc) is 3.12. The maximum atomic E-state index is 12.5. The third-order valence-corrected chi connectivity index (χ3v) is 5.45. The predicted octanol–water partition coefficient (Wildman–Crippen LogP) is 4.32. The summed E-state index contributed by atoms with van der Waals surface area (Å²) >= 11 is 6.01. The highest BCUT2D eigenvalue weighted by molar-refractivity contribution is 7.92. The molecule has 1 N–H and O–H groups in total. The van der Waals surface area contributed by atoms with Crippen LogP contribution in [0.1, 0.15) is 25.6 Å². The molecule has 0 fully saturated rings. The summed E-state index contributed by atoms with van der Waals surface area (Å²) in [6, 6.07) is 10.9. The Labute approximate surface area is 162 Å². The molecule has 1 heterocycles. The van der Waals surface area contributed by atoms with Gasteiger partial charge < -0.3 is 9.26 Å². The minimum atomic E-state index is -3.79. The third kappa shape index (κ3) is 4.23. The molecule has 0 saturated heterocycles. The van der Waals surface area contributed by atoms with Gasteiger partial charge >= 0.3 is 0 Å². The first-order chi connectivity index (χ1) is 12.8. The fourth-order valence-corrected chi connectivity index (χ4v) is 3.70. The SMILES string of the molecule is COc1ccc(S(=O)(=O)Nc2ccc(-c3nc(C(C)C)no3)cc2)cc1Cl. The molecule has 0 saturated carbocycles. The molecule has 27 heavy (non-hydrogen) atoms. The zero-order valence-electron chi connectivity index (χ0n) is 14.9. The summed E-state index contributed by atoms with van der Waals surface area (Å²) in [4.78, 5) is 4.35. The van der Waals surface area contributed by atoms with E-state index in [0.29, 0.717) is 28.7 Å². The van der Waals surface area contributed by atoms with Gasteiger partial charge in [0.05, 0.1) is 17.0 Å². The van der Waals surface area contributed by atoms with Gasteiger partial charge in [0.2, 0.25) is 0 Å². The molecule has 0 atom stereocenters. The van der Waals surface area contributed by atoms with E-state index in [4.69, 9.17) is 20.9 Å². The number of hydrogen-bond donors (Lipinski definition) is 1. The largest absolute Gasteiger partial charge is 0.495 e. The van der Waals surface area contributed by atoms with Gasteiger partial charge in [0, 0.05) is 17.2 Å². The summed E-state index contributed by atoms with van der Waals surface area (Å²) in [6.45, 7) is 3.94. The van der Waals surface area contributed by atoms with Crippen LogP contribution < -0.4 is 9.46 Å². The van der Waals surface area contributed by atoms with Crippen molar-refractivity contribution in [3.05, 3.63) is 53.3 Å². The molecular weight excluding hydrogens is 390 g/mol. The number of methoxy groups -OCH3 is 1. The van der Waals surface area contributed by atoms with E-state index in [1.54, 1.807) is 24.3 Å². The number of hydrogen-bond acceptors (Lipinski definition) is 6. The number of ether oxygens (including phenoxy) is 1. The molecule has 0 bridgehead atoms. The van der Waals surface area contributed by atoms with E-state index >= 15 is 0 Å². The van der Waals surface area contributed by atoms with E-state index in [2.05, 4.69) is 14.9 Å². The lowest BCUT2D eigenvalue weighted by atomic mass is 10.2. The van der Waals surface area contributed by atoms with Gasteiger partial charge in [0.1, 0.15) is 5.75 Å². The van der Waals surface area contributed by atoms with E-state index in [1.807, 2.05) is 13.8 Å². The molecule has 0 aliphatic carbocycles. The summed E-state index contributed by atoms with van der Waals surface area (Å²) in [6.07, 6.45) is 0. The number of nitrogens with zero attached hydrogens (tertiary/aromatic N) is 2. The van der Waals surface area contributed by atoms with Gasteiger partial charge in [-0.15, -0.1) is 0 Å². The number of anilines is 1. The smallest absolute Gasteiger partial charge is 0.261 e. The first kappa shape index (κ1) is 19.2. The van der Waals surface area contributed by atoms with Gasteiger partial charge in [0.25, 0.3) is 15.9 Å². The van der Waals surface area contributed by atoms with Gasteiger partial charge in [0.15, 0.2) is 5.82 Å². The zero-order chi connectivity index (χ0) is 19.6. The van der Waals surface area contributed by atoms with Crippen LogP contribution in [0.4, 0.5) is 5.69 Å². The Bertz CT molecular complexity index is 1050. The number of benzene rings is 2. The van der Waals surface area contributed by atoms with Crippen molar-refractivity contribution in [1.82, 2.24) is 10.1 Å². The van der Waals surface area contributed by atoms with Crippen LogP contribution in [-0.4, -0.2) is 25.7 Å². The lowest BCUT2D eigenvalue weighted by Gasteiger charge is -2.10. The summed E-state index contributed by atoms with van der Waals surface area (Å²) in [5.74, 6) is 1.56. The van der Waals surface area contributed by atoms with Crippen LogP contribution in [0.5, 0.6) is 5.75 Å². The van der Waals surface area contributed by atoms with Crippen molar-refractivity contribution in [2.24, 2.45) is 0 Å². The Hall–Kier alpha value is -2.58. The summed E-state index contributed by atoms with van der Waals surface area (Å²) in [5, 5.41) is 4.13. The molecule has 0 unspecified atom stereocenters. The lowest BCUT2D eigenvalue weighted by molar-refractivity contribution is 0.414. The van der Waals surface area contributed by atoms with Crippen LogP contribution in [-0.2, 0) is 10.0 Å². The minimum absolute atomic E-state index is 0.0378. The van der Waals surface area contributed by atoms with Gasteiger partial charge in [-0.1, -0.05) is 30.6 Å². The fraction of sp³-hybridized carbons (Fsp3) is 0.222. The Kier molecular flexibility index (Phi) is 5.38. The maximum Gasteiger partial charge on any atom is 0.261 e. The van der Waals surface area contributed by atoms with Gasteiger partial charge in [-0.2, -0.15) is 4.98 Å². The van der Waals surface area contributed by atoms with E-state index in [-0.39, 0.29) is 15.8 Å². The lowest BCUT2D eigenvalue weighted by Crippen LogP contribution is -2.12. The molecule has 0 radical (unpaired) electrons. The number of halogens is 1. The molecule has 3 rings (SSSR count). The second-order valence-corrected chi connectivity index (χ2v) is 8.18. The van der Waals surface area contributed by atoms with Crippen molar-refractivity contribution in [3.8, 4) is 17.2 Å². The molecule has 7 nitrogen and oxygen atoms in total. The van der Waals surface area contributed by atoms with Crippen LogP contribution in [0, 0.1) is 0 Å². The fourth-order valence-electron chi connectivity index (χ4n) is 2.30. The number of nitrogens with one attached hydrogen (secondary N) is 1. The van der Waals surface area contributed by atoms with E-state index in [9.17, 15) is 8.42 Å². The Morgan fingerprint density at radius 1 is 1.15 bits per heavy atom. The molecule has 0 amide bonds. The monoisotopic (exact) mass is 407 g/mol. The van der Waals surface area contributed by atoms with E-state index < -0.39 is 10.0 Å². The highest BCUT2D eigenvalue weighted by atomic mass is 35.5. The van der Waals surface area contributed by atoms with Gasteiger partial charge in [-0.3, -0.25) is 4.72 Å². The quantitative estimate of drug-likeness (QED) is 0.653. The van der Waals surface area contributed by atoms with Crippen molar-refractivity contribution in [2.75, 3.05) is 11.8 Å². The third-order valence-electron chi connectivity index (χ3n) is 3.78. The van der Waals surface area contributed by atoms with E-state index in [0.717, 1.165) is 0 Å². The van der Waals surface area contributed by atoms with Crippen molar-refractivity contribution < 1.29 is 17.7 Å². The first-order valence-corrected chi connectivity index (χ1v) is 9.96. The molecule has 1 aromatic heterocycles. The molecular formula is C18H18ClN3O4S. The Balaban J connectivity index is 1.80. The minimum Gasteiger partial charge on any atom is -0.495 e. The molecule has 0 spiro atoms. The molecule has 142 valence electrons. The molecule has 0 aliphatic rings. The van der Waals surface area contributed by atoms with Crippen LogP contribution in [0.15, 0.2) is 51.9 Å². The van der Waals surface area contributed by atoms with Crippen LogP contribution in [0.25, 0.3) is 11.5 Å². The number of sulfonamides is 1. The van der Waals surface area contributed by atoms with Crippen molar-refractivity contribution in [2.45, 2.75) is 24.7 Å². The topological polar surface area (TPSA) is 94.3 Å². The standard InChI is InChI=1S/C18H18ClN3O4S/c1-11(2)17-20-18(26-21-17)12-4-6-13(7-5-12)22-27(23,24)14-8-9-16(25-3)15(19)10-14/h4-11,22H,1-3H3.